The van der Waals surface area contributed by atoms with E-state index in [1.165, 1.54) is 0 Å². The summed E-state index contributed by atoms with van der Waals surface area (Å²) in [5.74, 6) is -0.0509. The Morgan fingerprint density at radius 2 is 2.25 bits per heavy atom. The van der Waals surface area contributed by atoms with Crippen LogP contribution in [0.2, 0.25) is 0 Å². The first-order valence-electron chi connectivity index (χ1n) is 5.42. The third-order valence-electron chi connectivity index (χ3n) is 3.00. The summed E-state index contributed by atoms with van der Waals surface area (Å²) in [5, 5.41) is 13.8. The topological polar surface area (TPSA) is 66.3 Å². The van der Waals surface area contributed by atoms with E-state index < -0.39 is 5.60 Å². The Morgan fingerprint density at radius 1 is 1.56 bits per heavy atom. The summed E-state index contributed by atoms with van der Waals surface area (Å²) in [6.45, 7) is 4.71. The van der Waals surface area contributed by atoms with Crippen molar-refractivity contribution in [2.75, 3.05) is 13.1 Å². The van der Waals surface area contributed by atoms with Gasteiger partial charge in [-0.2, -0.15) is 0 Å². The van der Waals surface area contributed by atoms with E-state index in [-0.39, 0.29) is 5.91 Å². The lowest BCUT2D eigenvalue weighted by Gasteiger charge is -2.45. The fourth-order valence-electron chi connectivity index (χ4n) is 1.78. The molecule has 1 amide bonds. The molecule has 0 atom stereocenters. The fourth-order valence-corrected chi connectivity index (χ4v) is 2.50. The van der Waals surface area contributed by atoms with Gasteiger partial charge in [-0.05, 0) is 24.4 Å². The van der Waals surface area contributed by atoms with Crippen LogP contribution in [0.1, 0.15) is 35.6 Å². The number of nitrogens with zero attached hydrogens (tertiary/aromatic N) is 3. The van der Waals surface area contributed by atoms with E-state index in [0.29, 0.717) is 30.8 Å². The van der Waals surface area contributed by atoms with Gasteiger partial charge >= 0.3 is 0 Å². The predicted octanol–water partition coefficient (Wildman–Crippen LogP) is 0.697. The zero-order valence-corrected chi connectivity index (χ0v) is 10.3. The van der Waals surface area contributed by atoms with E-state index in [0.717, 1.165) is 17.2 Å². The van der Waals surface area contributed by atoms with Crippen molar-refractivity contribution in [2.24, 2.45) is 0 Å². The molecule has 16 heavy (non-hydrogen) atoms. The molecule has 1 fully saturated rings. The van der Waals surface area contributed by atoms with E-state index in [9.17, 15) is 9.90 Å². The molecule has 2 rings (SSSR count). The molecule has 5 nitrogen and oxygen atoms in total. The summed E-state index contributed by atoms with van der Waals surface area (Å²) < 4.78 is 3.79. The van der Waals surface area contributed by atoms with Crippen LogP contribution in [0.4, 0.5) is 0 Å². The van der Waals surface area contributed by atoms with Crippen LogP contribution in [0.25, 0.3) is 0 Å². The number of hydrogen-bond acceptors (Lipinski definition) is 5. The van der Waals surface area contributed by atoms with Gasteiger partial charge in [0.15, 0.2) is 0 Å². The lowest BCUT2D eigenvalue weighted by molar-refractivity contribution is -0.0825. The number of β-amino-alcohol motifs (C(OH)–C–C–N with tert-alkyl or cyclic N) is 1. The van der Waals surface area contributed by atoms with Gasteiger partial charge < -0.3 is 10.0 Å². The molecule has 1 N–H and O–H groups in total. The molecule has 0 unspecified atom stereocenters. The number of aryl methyl sites for hydroxylation is 1. The highest BCUT2D eigenvalue weighted by atomic mass is 32.1. The Hall–Kier alpha value is -1.01. The van der Waals surface area contributed by atoms with Crippen LogP contribution in [0, 0.1) is 0 Å². The molecule has 0 spiro atoms. The number of aliphatic hydroxyl groups is 1. The molecule has 2 heterocycles. The fraction of sp³-hybridized carbons (Fsp3) is 0.700. The molecule has 0 radical (unpaired) electrons. The standard InChI is InChI=1S/C10H15N3O2S/c1-3-7-8(16-12-11-7)9(14)13-5-10(15,4-2)6-13/h15H,3-6H2,1-2H3. The molecule has 6 heteroatoms. The number of amides is 1. The van der Waals surface area contributed by atoms with Crippen LogP contribution in [0.5, 0.6) is 0 Å². The van der Waals surface area contributed by atoms with Crippen LogP contribution in [-0.2, 0) is 6.42 Å². The normalized spacial score (nSPS) is 18.3. The summed E-state index contributed by atoms with van der Waals surface area (Å²) >= 11 is 1.13. The number of aromatic nitrogens is 2. The summed E-state index contributed by atoms with van der Waals surface area (Å²) in [6.07, 6.45) is 1.39. The Labute approximate surface area is 98.2 Å². The highest BCUT2D eigenvalue weighted by Crippen LogP contribution is 2.27. The quantitative estimate of drug-likeness (QED) is 0.846. The van der Waals surface area contributed by atoms with Gasteiger partial charge in [0.2, 0.25) is 0 Å². The van der Waals surface area contributed by atoms with Gasteiger partial charge in [0, 0.05) is 0 Å². The lowest BCUT2D eigenvalue weighted by Crippen LogP contribution is -2.63. The number of likely N-dealkylation sites (tertiary alicyclic amines) is 1. The van der Waals surface area contributed by atoms with Crippen molar-refractivity contribution in [3.63, 3.8) is 0 Å². The van der Waals surface area contributed by atoms with Crippen LogP contribution >= 0.6 is 11.5 Å². The van der Waals surface area contributed by atoms with Crippen LogP contribution < -0.4 is 0 Å². The molecule has 1 aromatic rings. The van der Waals surface area contributed by atoms with Gasteiger partial charge in [0.05, 0.1) is 24.4 Å². The van der Waals surface area contributed by atoms with Gasteiger partial charge in [-0.3, -0.25) is 4.79 Å². The first kappa shape index (κ1) is 11.5. The summed E-state index contributed by atoms with van der Waals surface area (Å²) in [5.41, 5.74) is 0.0714. The third kappa shape index (κ3) is 1.82. The zero-order chi connectivity index (χ0) is 11.8. The van der Waals surface area contributed by atoms with E-state index >= 15 is 0 Å². The second-order valence-corrected chi connectivity index (χ2v) is 4.90. The maximum Gasteiger partial charge on any atom is 0.267 e. The molecule has 1 aliphatic heterocycles. The van der Waals surface area contributed by atoms with E-state index in [4.69, 9.17) is 0 Å². The van der Waals surface area contributed by atoms with Crippen molar-refractivity contribution in [1.82, 2.24) is 14.5 Å². The molecule has 0 saturated carbocycles. The second-order valence-electron chi connectivity index (χ2n) is 4.14. The molecular formula is C10H15N3O2S. The number of carbonyl (C=O) groups is 1. The molecule has 0 bridgehead atoms. The average Bonchev–Trinajstić information content (AvgIpc) is 2.71. The Bertz CT molecular complexity index is 399. The van der Waals surface area contributed by atoms with E-state index in [1.54, 1.807) is 4.90 Å². The Balaban J connectivity index is 2.05. The van der Waals surface area contributed by atoms with Crippen molar-refractivity contribution < 1.29 is 9.90 Å². The first-order chi connectivity index (χ1) is 7.59. The van der Waals surface area contributed by atoms with Crippen LogP contribution in [0.15, 0.2) is 0 Å². The average molecular weight is 241 g/mol. The Kier molecular flexibility index (Phi) is 2.94. The molecule has 1 aromatic heterocycles. The minimum atomic E-state index is -0.680. The number of rotatable bonds is 3. The number of hydrogen-bond donors (Lipinski definition) is 1. The molecule has 1 aliphatic rings. The van der Waals surface area contributed by atoms with Crippen molar-refractivity contribution in [1.29, 1.82) is 0 Å². The predicted molar refractivity (Wildman–Crippen MR) is 60.4 cm³/mol. The van der Waals surface area contributed by atoms with E-state index in [2.05, 4.69) is 9.59 Å². The van der Waals surface area contributed by atoms with Crippen molar-refractivity contribution in [3.05, 3.63) is 10.6 Å². The monoisotopic (exact) mass is 241 g/mol. The van der Waals surface area contributed by atoms with Crippen molar-refractivity contribution in [3.8, 4) is 0 Å². The minimum absolute atomic E-state index is 0.0509. The van der Waals surface area contributed by atoms with Gasteiger partial charge in [0.1, 0.15) is 4.88 Å². The highest BCUT2D eigenvalue weighted by Gasteiger charge is 2.43. The maximum absolute atomic E-state index is 12.0. The van der Waals surface area contributed by atoms with Gasteiger partial charge in [-0.15, -0.1) is 5.10 Å². The van der Waals surface area contributed by atoms with Crippen LogP contribution in [-0.4, -0.2) is 44.2 Å². The molecular weight excluding hydrogens is 226 g/mol. The smallest absolute Gasteiger partial charge is 0.267 e. The summed E-state index contributed by atoms with van der Waals surface area (Å²) in [6, 6.07) is 0. The molecule has 0 aromatic carbocycles. The maximum atomic E-state index is 12.0. The highest BCUT2D eigenvalue weighted by molar-refractivity contribution is 7.08. The summed E-state index contributed by atoms with van der Waals surface area (Å²) in [4.78, 5) is 14.3. The van der Waals surface area contributed by atoms with Gasteiger partial charge in [-0.25, -0.2) is 0 Å². The van der Waals surface area contributed by atoms with Gasteiger partial charge in [-0.1, -0.05) is 18.3 Å². The van der Waals surface area contributed by atoms with Crippen molar-refractivity contribution in [2.45, 2.75) is 32.3 Å². The Morgan fingerprint density at radius 3 is 2.81 bits per heavy atom. The van der Waals surface area contributed by atoms with Crippen LogP contribution in [0.3, 0.4) is 0 Å². The second kappa shape index (κ2) is 4.10. The summed E-state index contributed by atoms with van der Waals surface area (Å²) in [7, 11) is 0. The lowest BCUT2D eigenvalue weighted by atomic mass is 9.91. The minimum Gasteiger partial charge on any atom is -0.386 e. The number of carbonyl (C=O) groups excluding carboxylic acids is 1. The largest absolute Gasteiger partial charge is 0.386 e. The molecule has 0 aliphatic carbocycles. The third-order valence-corrected chi connectivity index (χ3v) is 3.76. The van der Waals surface area contributed by atoms with Crippen molar-refractivity contribution >= 4 is 17.4 Å². The molecule has 1 saturated heterocycles. The molecule has 88 valence electrons. The zero-order valence-electron chi connectivity index (χ0n) is 9.43. The first-order valence-corrected chi connectivity index (χ1v) is 6.20. The SMILES string of the molecule is CCc1nnsc1C(=O)N1CC(O)(CC)C1. The van der Waals surface area contributed by atoms with Gasteiger partial charge in [0.25, 0.3) is 5.91 Å². The van der Waals surface area contributed by atoms with E-state index in [1.807, 2.05) is 13.8 Å².